The van der Waals surface area contributed by atoms with Gasteiger partial charge in [0, 0.05) is 80.0 Å². The zero-order valence-electron chi connectivity index (χ0n) is 58.5. The fraction of sp³-hybridized carbons (Fsp3) is 0.145. The fourth-order valence-corrected chi connectivity index (χ4v) is 12.6. The number of aromatic nitrogens is 15. The average molecular weight is 1910 g/mol. The number of rotatable bonds is 13. The third-order valence-electron chi connectivity index (χ3n) is 17.5. The van der Waals surface area contributed by atoms with Crippen LogP contribution in [0, 0.1) is 59.7 Å². The van der Waals surface area contributed by atoms with Gasteiger partial charge in [-0.25, -0.2) is 14.0 Å². The van der Waals surface area contributed by atoms with Crippen LogP contribution in [0.1, 0.15) is 85.2 Å². The zero-order chi connectivity index (χ0) is 70.2. The van der Waals surface area contributed by atoms with Gasteiger partial charge in [0.15, 0.2) is 0 Å². The van der Waals surface area contributed by atoms with Crippen molar-refractivity contribution in [2.45, 2.75) is 81.1 Å². The molecule has 3 N–H and O–H groups in total. The fourth-order valence-electron chi connectivity index (χ4n) is 12.6. The van der Waals surface area contributed by atoms with Crippen LogP contribution in [0.3, 0.4) is 0 Å². The Balaban J connectivity index is 0.000000162. The minimum atomic E-state index is 0. The van der Waals surface area contributed by atoms with Crippen LogP contribution >= 0.6 is 0 Å². The van der Waals surface area contributed by atoms with Gasteiger partial charge >= 0.3 is 0 Å². The summed E-state index contributed by atoms with van der Waals surface area (Å²) in [6.45, 7) is 20.6. The van der Waals surface area contributed by atoms with E-state index in [1.165, 1.54) is 27.9 Å². The van der Waals surface area contributed by atoms with Crippen LogP contribution in [0.2, 0.25) is 0 Å². The largest absolute Gasteiger partial charge is 0.506 e. The Labute approximate surface area is 646 Å². The molecule has 530 valence electrons. The molecule has 0 saturated carbocycles. The molecule has 6 heterocycles. The van der Waals surface area contributed by atoms with Gasteiger partial charge in [0.2, 0.25) is 0 Å². The first-order valence-corrected chi connectivity index (χ1v) is 33.4. The molecule has 0 amide bonds. The molecule has 104 heavy (non-hydrogen) atoms. The molecule has 0 bridgehead atoms. The van der Waals surface area contributed by atoms with Crippen molar-refractivity contribution in [1.29, 1.82) is 0 Å². The van der Waals surface area contributed by atoms with Crippen molar-refractivity contribution in [2.75, 3.05) is 0 Å². The Bertz CT molecular complexity index is 5700. The Morgan fingerprint density at radius 2 is 0.779 bits per heavy atom. The maximum atomic E-state index is 10.5. The van der Waals surface area contributed by atoms with Gasteiger partial charge in [-0.3, -0.25) is 29.3 Å². The molecule has 0 saturated heterocycles. The Kier molecular flexibility index (Phi) is 22.8. The molecule has 0 unspecified atom stereocenters. The van der Waals surface area contributed by atoms with Crippen molar-refractivity contribution >= 4 is 21.9 Å². The molecule has 18 nitrogen and oxygen atoms in total. The predicted molar refractivity (Wildman–Crippen MR) is 396 cm³/mol. The summed E-state index contributed by atoms with van der Waals surface area (Å²) < 4.78 is 11.0. The van der Waals surface area contributed by atoms with E-state index in [4.69, 9.17) is 15.1 Å². The predicted octanol–water partition coefficient (Wildman–Crippen LogP) is 17.6. The van der Waals surface area contributed by atoms with Crippen LogP contribution in [-0.2, 0) is 63.2 Å². The third kappa shape index (κ3) is 15.0. The Morgan fingerprint density at radius 3 is 1.26 bits per heavy atom. The van der Waals surface area contributed by atoms with Gasteiger partial charge in [0.05, 0.1) is 45.4 Å². The first kappa shape index (κ1) is 74.4. The molecule has 0 radical (unpaired) electrons. The van der Waals surface area contributed by atoms with E-state index in [0.717, 1.165) is 78.5 Å². The van der Waals surface area contributed by atoms with E-state index in [9.17, 15) is 15.3 Å². The summed E-state index contributed by atoms with van der Waals surface area (Å²) in [4.78, 5) is 19.1. The zero-order valence-corrected chi connectivity index (χ0v) is 65.3. The molecule has 0 atom stereocenters. The number of phenols is 3. The summed E-state index contributed by atoms with van der Waals surface area (Å²) in [5.41, 5.74) is 18.7. The van der Waals surface area contributed by atoms with E-state index in [1.807, 2.05) is 154 Å². The van der Waals surface area contributed by atoms with Gasteiger partial charge in [0.1, 0.15) is 57.6 Å². The maximum Gasteiger partial charge on any atom is 0.141 e. The number of nitrogens with zero attached hydrogens (tertiary/aromatic N) is 15. The van der Waals surface area contributed by atoms with Crippen molar-refractivity contribution < 1.29 is 78.5 Å². The monoisotopic (exact) mass is 1910 g/mol. The van der Waals surface area contributed by atoms with Gasteiger partial charge in [-0.2, -0.15) is 25.5 Å². The topological polar surface area (TPSA) is 206 Å². The van der Waals surface area contributed by atoms with Crippen molar-refractivity contribution in [2.24, 2.45) is 0 Å². The number of phenolic OH excluding ortho intramolecular Hbond substituents is 3. The Hall–Kier alpha value is -10.8. The first-order valence-electron chi connectivity index (χ1n) is 33.4. The van der Waals surface area contributed by atoms with Gasteiger partial charge in [-0.05, 0) is 160 Å². The number of para-hydroxylation sites is 9. The minimum absolute atomic E-state index is 0. The number of aryl methyl sites for hydroxylation is 6. The second-order valence-corrected chi connectivity index (χ2v) is 25.3. The number of imidazole rings is 1. The van der Waals surface area contributed by atoms with Crippen molar-refractivity contribution in [3.05, 3.63) is 288 Å². The summed E-state index contributed by atoms with van der Waals surface area (Å²) in [7, 11) is 0. The molecule has 10 aromatic carbocycles. The number of hydrogen-bond donors (Lipinski definition) is 3. The SMILES string of the molecule is Cc1cc(C)n(-c2[c-]c(-c3nc(C)n(-c4ccccc4O)n3)ccc2)n1.Cc1nc(-c2[c-]c(-c3nc4ccccc4n3-c3c(C(C)C)cc(-c4ccccc4)cc3C(C)C)ccc2)nn1-c1ccccc1O.Cc1nn(-c2[c-]c(-c3nc(C)n(-c4ccccc4O)n3)ccc2)c2ccccc12.[Pt].[Pt].[Pt]. The quantitative estimate of drug-likeness (QED) is 0.0922. The van der Waals surface area contributed by atoms with Crippen LogP contribution in [0.5, 0.6) is 17.2 Å². The van der Waals surface area contributed by atoms with Crippen molar-refractivity contribution in [3.8, 4) is 108 Å². The van der Waals surface area contributed by atoms with E-state index in [2.05, 4.69) is 154 Å². The standard InChI is InChI=1S/C40H36N5O.C23H18N5O.C20H18N5O.3Pt/c1-25(2)32-23-31(28-14-7-6-8-15-28)24-33(26(3)4)38(32)44-35-19-10-9-18-34(35)42-40(44)30-17-13-16-29(22-30)39-41-27(5)45(43-39)36-20-11-12-21-37(36)46;1-15-19-10-3-4-11-20(19)28(25-15)18-9-7-8-17(14-18)23-24-16(2)27(26-23)21-12-5-6-13-22(21)29;1-13-11-14(2)24(22-13)17-8-6-7-16(12-17)20-21-15(3)25(23-20)18-9-4-5-10-19(18)26;;;/h6-21,23-26,46H,1-5H3;3-13,29H,1-2H3;4-11,26H,1-3H3;;;/q3*-1;;;. The summed E-state index contributed by atoms with van der Waals surface area (Å²) >= 11 is 0. The van der Waals surface area contributed by atoms with Crippen LogP contribution in [0.25, 0.3) is 113 Å². The number of hydrogen-bond acceptors (Lipinski definition) is 12. The molecule has 0 aliphatic rings. The number of fused-ring (bicyclic) bond motifs is 2. The average Bonchev–Trinajstić information content (AvgIpc) is 1.56. The second kappa shape index (κ2) is 31.9. The van der Waals surface area contributed by atoms with Crippen LogP contribution in [0.15, 0.2) is 224 Å². The van der Waals surface area contributed by atoms with E-state index in [-0.39, 0.29) is 92.3 Å². The van der Waals surface area contributed by atoms with E-state index in [0.29, 0.717) is 52.0 Å². The summed E-state index contributed by atoms with van der Waals surface area (Å²) in [6, 6.07) is 83.1. The second-order valence-electron chi connectivity index (χ2n) is 25.3. The summed E-state index contributed by atoms with van der Waals surface area (Å²) in [5, 5.41) is 54.9. The van der Waals surface area contributed by atoms with Crippen LogP contribution in [0.4, 0.5) is 0 Å². The summed E-state index contributed by atoms with van der Waals surface area (Å²) in [6.07, 6.45) is 0. The third-order valence-corrected chi connectivity index (χ3v) is 17.5. The van der Waals surface area contributed by atoms with Gasteiger partial charge in [-0.15, -0.1) is 83.9 Å². The van der Waals surface area contributed by atoms with Crippen molar-refractivity contribution in [3.63, 3.8) is 0 Å². The first-order chi connectivity index (χ1) is 48.9. The van der Waals surface area contributed by atoms with E-state index in [1.54, 1.807) is 62.6 Å². The molecule has 0 aliphatic heterocycles. The molecule has 16 aromatic rings. The number of aromatic hydroxyl groups is 3. The normalized spacial score (nSPS) is 11.0. The molecule has 0 fully saturated rings. The molecule has 21 heteroatoms. The molecular formula is C83H72N15O3Pt3-3. The minimum Gasteiger partial charge on any atom is -0.506 e. The Morgan fingerprint density at radius 1 is 0.356 bits per heavy atom. The molecule has 0 spiro atoms. The van der Waals surface area contributed by atoms with Gasteiger partial charge in [-0.1, -0.05) is 136 Å². The maximum absolute atomic E-state index is 10.5. The van der Waals surface area contributed by atoms with E-state index >= 15 is 0 Å². The number of benzene rings is 10. The van der Waals surface area contributed by atoms with Gasteiger partial charge in [0.25, 0.3) is 0 Å². The van der Waals surface area contributed by atoms with Crippen LogP contribution in [-0.4, -0.2) is 88.7 Å². The van der Waals surface area contributed by atoms with Crippen molar-refractivity contribution in [1.82, 2.24) is 73.4 Å². The van der Waals surface area contributed by atoms with E-state index < -0.39 is 0 Å². The van der Waals surface area contributed by atoms with Crippen LogP contribution < -0.4 is 0 Å². The molecular weight excluding hydrogens is 1840 g/mol. The molecule has 16 rings (SSSR count). The molecule has 0 aliphatic carbocycles. The van der Waals surface area contributed by atoms with Gasteiger partial charge < -0.3 is 19.9 Å². The smallest absolute Gasteiger partial charge is 0.141 e. The molecule has 6 aromatic heterocycles. The summed E-state index contributed by atoms with van der Waals surface area (Å²) in [5.74, 6) is 5.48.